The normalized spacial score (nSPS) is 14.6. The van der Waals surface area contributed by atoms with Crippen LogP contribution in [0.5, 0.6) is 5.75 Å². The van der Waals surface area contributed by atoms with E-state index in [1.807, 2.05) is 85.7 Å². The van der Waals surface area contributed by atoms with Gasteiger partial charge >= 0.3 is 0 Å². The zero-order valence-electron chi connectivity index (χ0n) is 19.4. The predicted molar refractivity (Wildman–Crippen MR) is 139 cm³/mol. The quantitative estimate of drug-likeness (QED) is 0.389. The van der Waals surface area contributed by atoms with Gasteiger partial charge in [0.25, 0.3) is 5.91 Å². The number of hydrogen-bond acceptors (Lipinski definition) is 5. The Hall–Kier alpha value is -3.61. The van der Waals surface area contributed by atoms with Gasteiger partial charge in [0.15, 0.2) is 6.10 Å². The number of fused-ring (bicyclic) bond motifs is 1. The predicted octanol–water partition coefficient (Wildman–Crippen LogP) is 5.25. The molecule has 7 heteroatoms. The van der Waals surface area contributed by atoms with E-state index in [4.69, 9.17) is 21.4 Å². The number of hydrogen-bond donors (Lipinski definition) is 2. The topological polar surface area (TPSA) is 74.2 Å². The first-order valence-electron chi connectivity index (χ1n) is 10.9. The summed E-state index contributed by atoms with van der Waals surface area (Å²) in [5, 5.41) is 12.3. The Morgan fingerprint density at radius 2 is 1.68 bits per heavy atom. The summed E-state index contributed by atoms with van der Waals surface area (Å²) in [5.41, 5.74) is 6.53. The van der Waals surface area contributed by atoms with E-state index in [0.717, 1.165) is 16.8 Å². The van der Waals surface area contributed by atoms with Gasteiger partial charge in [-0.2, -0.15) is 5.10 Å². The van der Waals surface area contributed by atoms with Gasteiger partial charge in [-0.3, -0.25) is 4.79 Å². The third kappa shape index (κ3) is 6.04. The third-order valence-electron chi connectivity index (χ3n) is 5.02. The van der Waals surface area contributed by atoms with Crippen molar-refractivity contribution in [3.05, 3.63) is 101 Å². The number of halogens is 1. The number of nitrogens with one attached hydrogen (secondary N) is 1. The molecule has 0 bridgehead atoms. The van der Waals surface area contributed by atoms with E-state index in [2.05, 4.69) is 10.5 Å². The molecule has 6 nitrogen and oxygen atoms in total. The van der Waals surface area contributed by atoms with E-state index in [-0.39, 0.29) is 12.5 Å². The van der Waals surface area contributed by atoms with Crippen molar-refractivity contribution in [3.8, 4) is 5.75 Å². The van der Waals surface area contributed by atoms with Crippen molar-refractivity contribution >= 4 is 34.4 Å². The summed E-state index contributed by atoms with van der Waals surface area (Å²) in [5.74, 6) is 0.412. The second-order valence-electron chi connectivity index (χ2n) is 7.63. The van der Waals surface area contributed by atoms with Crippen molar-refractivity contribution in [3.63, 3.8) is 0 Å². The number of carbonyl (C=O) groups is 1. The van der Waals surface area contributed by atoms with E-state index in [0.29, 0.717) is 21.9 Å². The van der Waals surface area contributed by atoms with Crippen molar-refractivity contribution in [2.24, 2.45) is 5.10 Å². The highest BCUT2D eigenvalue weighted by Gasteiger charge is 2.28. The Balaban J connectivity index is 0.00000103. The van der Waals surface area contributed by atoms with Gasteiger partial charge in [0.1, 0.15) is 5.75 Å². The minimum Gasteiger partial charge on any atom is -0.480 e. The molecule has 0 saturated heterocycles. The molecule has 4 rings (SSSR count). The first-order valence-corrected chi connectivity index (χ1v) is 11.3. The van der Waals surface area contributed by atoms with E-state index >= 15 is 0 Å². The summed E-state index contributed by atoms with van der Waals surface area (Å²) in [4.78, 5) is 14.5. The molecule has 0 spiro atoms. The van der Waals surface area contributed by atoms with Crippen molar-refractivity contribution in [1.82, 2.24) is 5.43 Å². The van der Waals surface area contributed by atoms with Crippen LogP contribution in [0.2, 0.25) is 0 Å². The fourth-order valence-electron chi connectivity index (χ4n) is 3.35. The van der Waals surface area contributed by atoms with Crippen LogP contribution in [0.25, 0.3) is 5.03 Å². The van der Waals surface area contributed by atoms with Crippen LogP contribution in [0.15, 0.2) is 89.5 Å². The molecule has 1 heterocycles. The number of para-hydroxylation sites is 1. The maximum absolute atomic E-state index is 12.5. The number of anilines is 1. The highest BCUT2D eigenvalue weighted by molar-refractivity contribution is 6.51. The Labute approximate surface area is 205 Å². The van der Waals surface area contributed by atoms with E-state index < -0.39 is 6.10 Å². The molecular weight excluding hydrogens is 450 g/mol. The molecule has 1 aliphatic rings. The van der Waals surface area contributed by atoms with Crippen LogP contribution in [0.4, 0.5) is 5.69 Å². The minimum absolute atomic E-state index is 0.250. The lowest BCUT2D eigenvalue weighted by Gasteiger charge is -2.27. The molecule has 1 atom stereocenters. The zero-order chi connectivity index (χ0) is 24.5. The lowest BCUT2D eigenvalue weighted by atomic mass is 9.96. The number of ether oxygens (including phenoxy) is 1. The van der Waals surface area contributed by atoms with Crippen molar-refractivity contribution in [2.75, 3.05) is 25.6 Å². The summed E-state index contributed by atoms with van der Waals surface area (Å²) >= 11 is 6.73. The molecule has 0 radical (unpaired) electrons. The summed E-state index contributed by atoms with van der Waals surface area (Å²) in [6, 6.07) is 24.7. The molecule has 3 aromatic rings. The van der Waals surface area contributed by atoms with Gasteiger partial charge in [-0.05, 0) is 48.9 Å². The van der Waals surface area contributed by atoms with Gasteiger partial charge in [0.05, 0.1) is 11.2 Å². The Kier molecular flexibility index (Phi) is 8.85. The number of hydrazone groups is 1. The Morgan fingerprint density at radius 3 is 2.32 bits per heavy atom. The molecule has 34 heavy (non-hydrogen) atoms. The second kappa shape index (κ2) is 12.0. The van der Waals surface area contributed by atoms with Crippen LogP contribution >= 0.6 is 11.6 Å². The SMILES string of the molecule is CCO.CN(C)c1ccc(C(=O)N/N=C/C2=C(Cl)c3ccccc3O[C@H]2c2ccccc2)cc1. The van der Waals surface area contributed by atoms with Crippen LogP contribution in [0.1, 0.15) is 34.5 Å². The van der Waals surface area contributed by atoms with Gasteiger partial charge in [-0.15, -0.1) is 0 Å². The number of aliphatic hydroxyl groups is 1. The zero-order valence-corrected chi connectivity index (χ0v) is 20.2. The van der Waals surface area contributed by atoms with Gasteiger partial charge in [0, 0.05) is 43.1 Å². The molecule has 1 aliphatic heterocycles. The molecule has 1 amide bonds. The van der Waals surface area contributed by atoms with Crippen LogP contribution in [-0.2, 0) is 0 Å². The molecule has 0 aliphatic carbocycles. The minimum atomic E-state index is -0.427. The molecule has 3 aromatic carbocycles. The summed E-state index contributed by atoms with van der Waals surface area (Å²) < 4.78 is 6.23. The summed E-state index contributed by atoms with van der Waals surface area (Å²) in [7, 11) is 3.90. The van der Waals surface area contributed by atoms with Crippen LogP contribution in [0, 0.1) is 0 Å². The average Bonchev–Trinajstić information content (AvgIpc) is 2.86. The molecule has 176 valence electrons. The van der Waals surface area contributed by atoms with Crippen LogP contribution in [0.3, 0.4) is 0 Å². The first-order chi connectivity index (χ1) is 16.5. The van der Waals surface area contributed by atoms with Gasteiger partial charge in [-0.25, -0.2) is 5.43 Å². The largest absolute Gasteiger partial charge is 0.480 e. The molecule has 0 unspecified atom stereocenters. The van der Waals surface area contributed by atoms with E-state index in [1.54, 1.807) is 25.3 Å². The number of aliphatic hydroxyl groups excluding tert-OH is 1. The lowest BCUT2D eigenvalue weighted by Crippen LogP contribution is -2.21. The fourth-order valence-corrected chi connectivity index (χ4v) is 3.65. The Morgan fingerprint density at radius 1 is 1.06 bits per heavy atom. The average molecular weight is 478 g/mol. The van der Waals surface area contributed by atoms with Crippen molar-refractivity contribution in [2.45, 2.75) is 13.0 Å². The third-order valence-corrected chi connectivity index (χ3v) is 5.44. The van der Waals surface area contributed by atoms with Gasteiger partial charge in [0.2, 0.25) is 0 Å². The molecular formula is C27H28ClN3O3. The molecule has 0 saturated carbocycles. The first kappa shape index (κ1) is 25.0. The Bertz CT molecular complexity index is 1160. The van der Waals surface area contributed by atoms with Gasteiger partial charge < -0.3 is 14.7 Å². The standard InChI is InChI=1S/C25H22ClN3O2.C2H6O/c1-29(2)19-14-12-18(13-15-19)25(30)28-27-16-21-23(26)20-10-6-7-11-22(20)31-24(21)17-8-4-3-5-9-17;1-2-3/h3-16,24H,1-2H3,(H,28,30);3H,2H2,1H3/b27-16+;/t24-;/m0./s1. The fraction of sp³-hybridized carbons (Fsp3) is 0.185. The number of benzene rings is 3. The van der Waals surface area contributed by atoms with Crippen LogP contribution in [-0.4, -0.2) is 37.9 Å². The van der Waals surface area contributed by atoms with E-state index in [9.17, 15) is 4.79 Å². The van der Waals surface area contributed by atoms with E-state index in [1.165, 1.54) is 0 Å². The number of rotatable bonds is 5. The number of nitrogens with zero attached hydrogens (tertiary/aromatic N) is 2. The molecule has 2 N–H and O–H groups in total. The number of carbonyl (C=O) groups excluding carboxylic acids is 1. The van der Waals surface area contributed by atoms with Gasteiger partial charge in [-0.1, -0.05) is 54.1 Å². The van der Waals surface area contributed by atoms with Crippen LogP contribution < -0.4 is 15.1 Å². The summed E-state index contributed by atoms with van der Waals surface area (Å²) in [6.07, 6.45) is 1.13. The van der Waals surface area contributed by atoms with Crippen molar-refractivity contribution in [1.29, 1.82) is 0 Å². The molecule has 0 aromatic heterocycles. The maximum Gasteiger partial charge on any atom is 0.271 e. The second-order valence-corrected chi connectivity index (χ2v) is 8.01. The smallest absolute Gasteiger partial charge is 0.271 e. The molecule has 0 fully saturated rings. The highest BCUT2D eigenvalue weighted by atomic mass is 35.5. The number of amides is 1. The monoisotopic (exact) mass is 477 g/mol. The maximum atomic E-state index is 12.5. The highest BCUT2D eigenvalue weighted by Crippen LogP contribution is 2.43. The lowest BCUT2D eigenvalue weighted by molar-refractivity contribution is 0.0955. The summed E-state index contributed by atoms with van der Waals surface area (Å²) in [6.45, 7) is 1.93. The van der Waals surface area contributed by atoms with Crippen molar-refractivity contribution < 1.29 is 14.6 Å².